The topological polar surface area (TPSA) is 35.2 Å². The maximum absolute atomic E-state index is 13.2. The Morgan fingerprint density at radius 3 is 2.80 bits per heavy atom. The Bertz CT molecular complexity index is 353. The van der Waals surface area contributed by atoms with Gasteiger partial charge < -0.3 is 10.5 Å². The Morgan fingerprint density at radius 1 is 1.40 bits per heavy atom. The summed E-state index contributed by atoms with van der Waals surface area (Å²) in [6.07, 6.45) is 2.99. The van der Waals surface area contributed by atoms with Crippen LogP contribution >= 0.6 is 0 Å². The third kappa shape index (κ3) is 2.48. The molecule has 3 heteroatoms. The summed E-state index contributed by atoms with van der Waals surface area (Å²) in [7, 11) is 0. The highest BCUT2D eigenvalue weighted by Gasteiger charge is 2.23. The highest BCUT2D eigenvalue weighted by atomic mass is 19.1. The lowest BCUT2D eigenvalue weighted by atomic mass is 10.2. The Balaban J connectivity index is 2.02. The molecule has 0 spiro atoms. The summed E-state index contributed by atoms with van der Waals surface area (Å²) < 4.78 is 18.9. The predicted molar refractivity (Wildman–Crippen MR) is 57.4 cm³/mol. The monoisotopic (exact) mass is 209 g/mol. The first kappa shape index (κ1) is 10.4. The molecule has 0 aliphatic heterocycles. The fourth-order valence-electron chi connectivity index (χ4n) is 1.92. The van der Waals surface area contributed by atoms with Gasteiger partial charge in [-0.2, -0.15) is 0 Å². The van der Waals surface area contributed by atoms with Gasteiger partial charge in [0, 0.05) is 12.1 Å². The summed E-state index contributed by atoms with van der Waals surface area (Å²) in [4.78, 5) is 0. The number of nitrogens with two attached hydrogens (primary N) is 1. The zero-order valence-electron chi connectivity index (χ0n) is 8.87. The molecule has 2 rings (SSSR count). The molecular formula is C12H16FNO. The molecule has 15 heavy (non-hydrogen) atoms. The fourth-order valence-corrected chi connectivity index (χ4v) is 1.92. The minimum absolute atomic E-state index is 0.155. The van der Waals surface area contributed by atoms with Crippen LogP contribution in [0.25, 0.3) is 0 Å². The summed E-state index contributed by atoms with van der Waals surface area (Å²) in [6, 6.07) is 5.23. The van der Waals surface area contributed by atoms with Crippen molar-refractivity contribution in [1.82, 2.24) is 0 Å². The van der Waals surface area contributed by atoms with Gasteiger partial charge in [0.25, 0.3) is 0 Å². The van der Waals surface area contributed by atoms with Gasteiger partial charge in [-0.25, -0.2) is 4.39 Å². The van der Waals surface area contributed by atoms with Crippen LogP contribution in [0.4, 0.5) is 4.39 Å². The Morgan fingerprint density at radius 2 is 2.20 bits per heavy atom. The van der Waals surface area contributed by atoms with Crippen LogP contribution in [-0.2, 0) is 0 Å². The summed E-state index contributed by atoms with van der Waals surface area (Å²) in [5.41, 5.74) is 6.42. The van der Waals surface area contributed by atoms with Crippen LogP contribution in [0.15, 0.2) is 18.2 Å². The van der Waals surface area contributed by atoms with Crippen LogP contribution in [0.5, 0.6) is 5.75 Å². The van der Waals surface area contributed by atoms with Gasteiger partial charge in [-0.05, 0) is 37.8 Å². The van der Waals surface area contributed by atoms with Crippen molar-refractivity contribution in [2.24, 2.45) is 5.73 Å². The molecule has 1 saturated carbocycles. The lowest BCUT2D eigenvalue weighted by molar-refractivity contribution is 0.207. The van der Waals surface area contributed by atoms with Gasteiger partial charge >= 0.3 is 0 Å². The Labute approximate surface area is 89.2 Å². The molecule has 2 N–H and O–H groups in total. The van der Waals surface area contributed by atoms with Crippen molar-refractivity contribution in [2.75, 3.05) is 0 Å². The van der Waals surface area contributed by atoms with E-state index in [9.17, 15) is 4.39 Å². The largest absolute Gasteiger partial charge is 0.490 e. The summed E-state index contributed by atoms with van der Waals surface area (Å²) in [6.45, 7) is 1.74. The minimum atomic E-state index is -0.213. The van der Waals surface area contributed by atoms with Crippen LogP contribution in [0.1, 0.15) is 24.8 Å². The zero-order valence-corrected chi connectivity index (χ0v) is 8.87. The van der Waals surface area contributed by atoms with E-state index in [1.54, 1.807) is 13.0 Å². The molecule has 2 nitrogen and oxygen atoms in total. The minimum Gasteiger partial charge on any atom is -0.490 e. The van der Waals surface area contributed by atoms with Gasteiger partial charge in [-0.3, -0.25) is 0 Å². The maximum Gasteiger partial charge on any atom is 0.129 e. The first-order valence-electron chi connectivity index (χ1n) is 5.33. The third-order valence-electron chi connectivity index (χ3n) is 2.87. The molecule has 1 aromatic rings. The first-order chi connectivity index (χ1) is 7.15. The standard InChI is InChI=1S/C12H16FNO/c1-8-2-4-11(7-12(8)13)15-10-5-3-9(14)6-10/h2,4,7,9-10H,3,5-6,14H2,1H3. The van der Waals surface area contributed by atoms with E-state index in [1.165, 1.54) is 6.07 Å². The Kier molecular flexibility index (Phi) is 2.91. The molecule has 0 amide bonds. The number of hydrogen-bond acceptors (Lipinski definition) is 2. The molecule has 0 aromatic heterocycles. The lowest BCUT2D eigenvalue weighted by Gasteiger charge is -2.13. The molecule has 1 aliphatic carbocycles. The van der Waals surface area contributed by atoms with E-state index in [2.05, 4.69) is 0 Å². The molecule has 2 unspecified atom stereocenters. The van der Waals surface area contributed by atoms with Crippen LogP contribution in [0.2, 0.25) is 0 Å². The molecule has 1 aromatic carbocycles. The second-order valence-corrected chi connectivity index (χ2v) is 4.22. The first-order valence-corrected chi connectivity index (χ1v) is 5.33. The summed E-state index contributed by atoms with van der Waals surface area (Å²) in [5, 5.41) is 0. The van der Waals surface area contributed by atoms with E-state index in [0.717, 1.165) is 19.3 Å². The van der Waals surface area contributed by atoms with E-state index in [1.807, 2.05) is 6.07 Å². The van der Waals surface area contributed by atoms with Crippen LogP contribution < -0.4 is 10.5 Å². The number of benzene rings is 1. The molecule has 2 atom stereocenters. The van der Waals surface area contributed by atoms with E-state index in [4.69, 9.17) is 10.5 Å². The molecule has 0 heterocycles. The van der Waals surface area contributed by atoms with Gasteiger partial charge in [0.05, 0.1) is 0 Å². The normalized spacial score (nSPS) is 25.5. The van der Waals surface area contributed by atoms with Crippen molar-refractivity contribution in [3.63, 3.8) is 0 Å². The second kappa shape index (κ2) is 4.19. The van der Waals surface area contributed by atoms with Crippen molar-refractivity contribution in [1.29, 1.82) is 0 Å². The van der Waals surface area contributed by atoms with Crippen LogP contribution in [0.3, 0.4) is 0 Å². The molecule has 0 radical (unpaired) electrons. The molecule has 0 bridgehead atoms. The van der Waals surface area contributed by atoms with Crippen molar-refractivity contribution in [3.05, 3.63) is 29.6 Å². The molecule has 0 saturated heterocycles. The van der Waals surface area contributed by atoms with E-state index in [0.29, 0.717) is 11.3 Å². The van der Waals surface area contributed by atoms with Gasteiger partial charge in [0.2, 0.25) is 0 Å². The van der Waals surface area contributed by atoms with E-state index >= 15 is 0 Å². The molecule has 1 fully saturated rings. The number of ether oxygens (including phenoxy) is 1. The van der Waals surface area contributed by atoms with E-state index in [-0.39, 0.29) is 18.0 Å². The third-order valence-corrected chi connectivity index (χ3v) is 2.87. The van der Waals surface area contributed by atoms with Gasteiger partial charge in [-0.1, -0.05) is 6.07 Å². The molecule has 82 valence electrons. The highest BCUT2D eigenvalue weighted by Crippen LogP contribution is 2.24. The average molecular weight is 209 g/mol. The number of rotatable bonds is 2. The lowest BCUT2D eigenvalue weighted by Crippen LogP contribution is -2.19. The van der Waals surface area contributed by atoms with Gasteiger partial charge in [0.15, 0.2) is 0 Å². The van der Waals surface area contributed by atoms with Crippen LogP contribution in [-0.4, -0.2) is 12.1 Å². The zero-order chi connectivity index (χ0) is 10.8. The molecular weight excluding hydrogens is 193 g/mol. The van der Waals surface area contributed by atoms with Crippen molar-refractivity contribution >= 4 is 0 Å². The highest BCUT2D eigenvalue weighted by molar-refractivity contribution is 5.28. The fraction of sp³-hybridized carbons (Fsp3) is 0.500. The van der Waals surface area contributed by atoms with Crippen LogP contribution in [0, 0.1) is 12.7 Å². The average Bonchev–Trinajstić information content (AvgIpc) is 2.58. The summed E-state index contributed by atoms with van der Waals surface area (Å²) in [5.74, 6) is 0.395. The number of halogens is 1. The number of aryl methyl sites for hydroxylation is 1. The predicted octanol–water partition coefficient (Wildman–Crippen LogP) is 2.39. The smallest absolute Gasteiger partial charge is 0.129 e. The Hall–Kier alpha value is -1.09. The number of hydrogen-bond donors (Lipinski definition) is 1. The van der Waals surface area contributed by atoms with Crippen molar-refractivity contribution < 1.29 is 9.13 Å². The summed E-state index contributed by atoms with van der Waals surface area (Å²) >= 11 is 0. The van der Waals surface area contributed by atoms with E-state index < -0.39 is 0 Å². The quantitative estimate of drug-likeness (QED) is 0.811. The SMILES string of the molecule is Cc1ccc(OC2CCC(N)C2)cc1F. The van der Waals surface area contributed by atoms with Crippen molar-refractivity contribution in [3.8, 4) is 5.75 Å². The second-order valence-electron chi connectivity index (χ2n) is 4.22. The van der Waals surface area contributed by atoms with Crippen molar-refractivity contribution in [2.45, 2.75) is 38.3 Å². The maximum atomic E-state index is 13.2. The van der Waals surface area contributed by atoms with Gasteiger partial charge in [-0.15, -0.1) is 0 Å². The van der Waals surface area contributed by atoms with Gasteiger partial charge in [0.1, 0.15) is 17.7 Å². The molecule has 1 aliphatic rings.